The first-order valence-electron chi connectivity index (χ1n) is 7.24. The molecule has 0 spiro atoms. The van der Waals surface area contributed by atoms with Crippen molar-refractivity contribution >= 4 is 0 Å². The van der Waals surface area contributed by atoms with Crippen LogP contribution in [0.2, 0.25) is 0 Å². The van der Waals surface area contributed by atoms with Crippen LogP contribution >= 0.6 is 0 Å². The largest absolute Gasteiger partial charge is 0.392 e. The van der Waals surface area contributed by atoms with E-state index in [1.807, 2.05) is 30.3 Å². The molecule has 1 aromatic rings. The van der Waals surface area contributed by atoms with Crippen LogP contribution in [0, 0.1) is 16.0 Å². The summed E-state index contributed by atoms with van der Waals surface area (Å²) in [5, 5.41) is 20.7. The van der Waals surface area contributed by atoms with E-state index < -0.39 is 12.1 Å². The molecular formula is C16H21NO5. The SMILES string of the molecule is CO[C@@H]1C=C(CO)C[C@@H](COCc2ccccc2)[C@@H]1[N+](=O)[O-]. The van der Waals surface area contributed by atoms with Crippen LogP contribution in [0.1, 0.15) is 12.0 Å². The minimum absolute atomic E-state index is 0.112. The third-order valence-corrected chi connectivity index (χ3v) is 3.91. The molecule has 2 rings (SSSR count). The van der Waals surface area contributed by atoms with Gasteiger partial charge in [-0.25, -0.2) is 0 Å². The number of benzene rings is 1. The molecule has 0 unspecified atom stereocenters. The smallest absolute Gasteiger partial charge is 0.247 e. The Bertz CT molecular complexity index is 517. The van der Waals surface area contributed by atoms with Gasteiger partial charge in [0.15, 0.2) is 0 Å². The van der Waals surface area contributed by atoms with Crippen LogP contribution in [-0.2, 0) is 16.1 Å². The lowest BCUT2D eigenvalue weighted by molar-refractivity contribution is -0.543. The number of nitro groups is 1. The predicted octanol–water partition coefficient (Wildman–Crippen LogP) is 1.80. The first-order valence-corrected chi connectivity index (χ1v) is 7.24. The number of aliphatic hydroxyl groups excluding tert-OH is 1. The van der Waals surface area contributed by atoms with Crippen LogP contribution in [0.4, 0.5) is 0 Å². The van der Waals surface area contributed by atoms with Crippen LogP contribution in [0.3, 0.4) is 0 Å². The number of ether oxygens (including phenoxy) is 2. The van der Waals surface area contributed by atoms with E-state index in [4.69, 9.17) is 9.47 Å². The molecule has 0 bridgehead atoms. The average Bonchev–Trinajstić information content (AvgIpc) is 2.54. The van der Waals surface area contributed by atoms with E-state index in [1.54, 1.807) is 6.08 Å². The van der Waals surface area contributed by atoms with Crippen molar-refractivity contribution in [3.05, 3.63) is 57.7 Å². The summed E-state index contributed by atoms with van der Waals surface area (Å²) in [5.41, 5.74) is 1.79. The number of methoxy groups -OCH3 is 1. The van der Waals surface area contributed by atoms with E-state index in [0.717, 1.165) is 11.1 Å². The van der Waals surface area contributed by atoms with E-state index in [9.17, 15) is 15.2 Å². The molecule has 0 radical (unpaired) electrons. The van der Waals surface area contributed by atoms with Crippen LogP contribution in [0.25, 0.3) is 0 Å². The van der Waals surface area contributed by atoms with Gasteiger partial charge in [-0.15, -0.1) is 0 Å². The molecule has 1 N–H and O–H groups in total. The van der Waals surface area contributed by atoms with Gasteiger partial charge in [0.2, 0.25) is 6.04 Å². The van der Waals surface area contributed by atoms with Gasteiger partial charge >= 0.3 is 0 Å². The van der Waals surface area contributed by atoms with Gasteiger partial charge in [0, 0.05) is 12.0 Å². The Morgan fingerprint density at radius 3 is 2.68 bits per heavy atom. The highest BCUT2D eigenvalue weighted by atomic mass is 16.6. The van der Waals surface area contributed by atoms with Crippen molar-refractivity contribution in [2.75, 3.05) is 20.3 Å². The summed E-state index contributed by atoms with van der Waals surface area (Å²) in [4.78, 5) is 11.0. The average molecular weight is 307 g/mol. The van der Waals surface area contributed by atoms with Gasteiger partial charge in [0.1, 0.15) is 6.10 Å². The Hall–Kier alpha value is -1.76. The third-order valence-electron chi connectivity index (χ3n) is 3.91. The first kappa shape index (κ1) is 16.6. The lowest BCUT2D eigenvalue weighted by Gasteiger charge is -2.30. The zero-order valence-corrected chi connectivity index (χ0v) is 12.6. The van der Waals surface area contributed by atoms with Crippen molar-refractivity contribution < 1.29 is 19.5 Å². The zero-order valence-electron chi connectivity index (χ0n) is 12.6. The van der Waals surface area contributed by atoms with Gasteiger partial charge < -0.3 is 14.6 Å². The highest BCUT2D eigenvalue weighted by molar-refractivity contribution is 5.15. The van der Waals surface area contributed by atoms with Gasteiger partial charge in [0.25, 0.3) is 0 Å². The molecule has 6 nitrogen and oxygen atoms in total. The van der Waals surface area contributed by atoms with Crippen molar-refractivity contribution in [1.29, 1.82) is 0 Å². The van der Waals surface area contributed by atoms with Gasteiger partial charge in [-0.1, -0.05) is 30.3 Å². The summed E-state index contributed by atoms with van der Waals surface area (Å²) in [6.07, 6.45) is 1.48. The molecule has 6 heteroatoms. The van der Waals surface area contributed by atoms with Crippen LogP contribution < -0.4 is 0 Å². The Balaban J connectivity index is 2.00. The Morgan fingerprint density at radius 2 is 2.09 bits per heavy atom. The number of rotatable bonds is 7. The topological polar surface area (TPSA) is 81.8 Å². The van der Waals surface area contributed by atoms with Crippen LogP contribution in [0.5, 0.6) is 0 Å². The molecule has 0 aliphatic heterocycles. The Morgan fingerprint density at radius 1 is 1.36 bits per heavy atom. The molecule has 0 saturated heterocycles. The summed E-state index contributed by atoms with van der Waals surface area (Å²) < 4.78 is 10.9. The molecule has 0 saturated carbocycles. The second kappa shape index (κ2) is 8.03. The molecule has 0 aromatic heterocycles. The summed E-state index contributed by atoms with van der Waals surface area (Å²) in [6.45, 7) is 0.564. The maximum atomic E-state index is 11.3. The third kappa shape index (κ3) is 4.13. The van der Waals surface area contributed by atoms with Gasteiger partial charge in [-0.2, -0.15) is 0 Å². The van der Waals surface area contributed by atoms with Gasteiger partial charge in [0.05, 0.1) is 25.7 Å². The molecular weight excluding hydrogens is 286 g/mol. The van der Waals surface area contributed by atoms with E-state index in [-0.39, 0.29) is 24.1 Å². The lowest BCUT2D eigenvalue weighted by atomic mass is 9.83. The van der Waals surface area contributed by atoms with Crippen molar-refractivity contribution in [3.8, 4) is 0 Å². The summed E-state index contributed by atoms with van der Waals surface area (Å²) in [6, 6.07) is 8.82. The van der Waals surface area contributed by atoms with Gasteiger partial charge in [-0.3, -0.25) is 10.1 Å². The maximum Gasteiger partial charge on any atom is 0.247 e. The first-order chi connectivity index (χ1) is 10.7. The van der Waals surface area contributed by atoms with E-state index in [0.29, 0.717) is 13.0 Å². The van der Waals surface area contributed by atoms with E-state index >= 15 is 0 Å². The Kier molecular flexibility index (Phi) is 6.06. The number of aliphatic hydroxyl groups is 1. The minimum atomic E-state index is -0.851. The number of nitrogens with zero attached hydrogens (tertiary/aromatic N) is 1. The predicted molar refractivity (Wildman–Crippen MR) is 81.0 cm³/mol. The van der Waals surface area contributed by atoms with Crippen LogP contribution in [-0.4, -0.2) is 42.5 Å². The van der Waals surface area contributed by atoms with Crippen molar-refractivity contribution in [3.63, 3.8) is 0 Å². The molecule has 0 amide bonds. The van der Waals surface area contributed by atoms with Gasteiger partial charge in [-0.05, 0) is 23.6 Å². The molecule has 0 fully saturated rings. The van der Waals surface area contributed by atoms with Crippen molar-refractivity contribution in [2.45, 2.75) is 25.2 Å². The fourth-order valence-electron chi connectivity index (χ4n) is 2.80. The Labute approximate surface area is 129 Å². The quantitative estimate of drug-likeness (QED) is 0.472. The summed E-state index contributed by atoms with van der Waals surface area (Å²) >= 11 is 0. The number of hydrogen-bond acceptors (Lipinski definition) is 5. The molecule has 3 atom stereocenters. The van der Waals surface area contributed by atoms with Crippen LogP contribution in [0.15, 0.2) is 42.0 Å². The van der Waals surface area contributed by atoms with E-state index in [1.165, 1.54) is 7.11 Å². The minimum Gasteiger partial charge on any atom is -0.392 e. The fraction of sp³-hybridized carbons (Fsp3) is 0.500. The van der Waals surface area contributed by atoms with E-state index in [2.05, 4.69) is 0 Å². The lowest BCUT2D eigenvalue weighted by Crippen LogP contribution is -2.45. The zero-order chi connectivity index (χ0) is 15.9. The molecule has 22 heavy (non-hydrogen) atoms. The molecule has 0 heterocycles. The van der Waals surface area contributed by atoms with Crippen molar-refractivity contribution in [2.24, 2.45) is 5.92 Å². The fourth-order valence-corrected chi connectivity index (χ4v) is 2.80. The normalized spacial score (nSPS) is 24.8. The monoisotopic (exact) mass is 307 g/mol. The maximum absolute atomic E-state index is 11.3. The van der Waals surface area contributed by atoms with Crippen molar-refractivity contribution in [1.82, 2.24) is 0 Å². The molecule has 1 aromatic carbocycles. The summed E-state index contributed by atoms with van der Waals surface area (Å²) in [7, 11) is 1.44. The second-order valence-electron chi connectivity index (χ2n) is 5.42. The summed E-state index contributed by atoms with van der Waals surface area (Å²) in [5.74, 6) is -0.309. The highest BCUT2D eigenvalue weighted by Gasteiger charge is 2.42. The molecule has 1 aliphatic carbocycles. The number of hydrogen-bond donors (Lipinski definition) is 1. The highest BCUT2D eigenvalue weighted by Crippen LogP contribution is 2.28. The standard InChI is InChI=1S/C16H21NO5/c1-21-15-8-13(9-18)7-14(16(15)17(19)20)11-22-10-12-5-3-2-4-6-12/h2-6,8,14-16,18H,7,9-11H2,1H3/t14-,15+,16-/m0/s1. The second-order valence-corrected chi connectivity index (χ2v) is 5.42. The molecule has 120 valence electrons. The molecule has 1 aliphatic rings.